The molecule has 1 aliphatic heterocycles. The summed E-state index contributed by atoms with van der Waals surface area (Å²) in [5.41, 5.74) is 6.81. The maximum absolute atomic E-state index is 10.8. The van der Waals surface area contributed by atoms with Gasteiger partial charge in [-0.2, -0.15) is 0 Å². The van der Waals surface area contributed by atoms with Gasteiger partial charge in [-0.05, 0) is 5.56 Å². The zero-order chi connectivity index (χ0) is 13.0. The smallest absolute Gasteiger partial charge is 0.323 e. The molecule has 2 unspecified atom stereocenters. The fraction of sp³-hybridized carbons (Fsp3) is 0.462. The minimum absolute atomic E-state index is 0.431. The van der Waals surface area contributed by atoms with Crippen molar-refractivity contribution in [2.45, 2.75) is 18.7 Å². The van der Waals surface area contributed by atoms with E-state index in [4.69, 9.17) is 15.6 Å². The van der Waals surface area contributed by atoms with Crippen molar-refractivity contribution in [3.05, 3.63) is 35.9 Å². The highest BCUT2D eigenvalue weighted by atomic mass is 16.5. The van der Waals surface area contributed by atoms with Crippen LogP contribution in [-0.2, 0) is 16.1 Å². The third-order valence-corrected chi connectivity index (χ3v) is 3.11. The largest absolute Gasteiger partial charge is 0.480 e. The molecule has 0 saturated carbocycles. The molecule has 18 heavy (non-hydrogen) atoms. The Hall–Kier alpha value is -1.43. The maximum Gasteiger partial charge on any atom is 0.323 e. The quantitative estimate of drug-likeness (QED) is 0.803. The Balaban J connectivity index is 1.93. The van der Waals surface area contributed by atoms with Gasteiger partial charge in [0.1, 0.15) is 6.04 Å². The summed E-state index contributed by atoms with van der Waals surface area (Å²) in [7, 11) is 0. The number of benzene rings is 1. The molecule has 5 heteroatoms. The summed E-state index contributed by atoms with van der Waals surface area (Å²) in [6, 6.07) is 9.13. The van der Waals surface area contributed by atoms with Gasteiger partial charge in [-0.1, -0.05) is 30.3 Å². The number of morpholine rings is 1. The van der Waals surface area contributed by atoms with Crippen LogP contribution in [-0.4, -0.2) is 47.8 Å². The van der Waals surface area contributed by atoms with Crippen LogP contribution in [0.15, 0.2) is 30.3 Å². The first kappa shape index (κ1) is 13.0. The number of carbonyl (C=O) groups is 1. The molecular weight excluding hydrogens is 232 g/mol. The first-order valence-electron chi connectivity index (χ1n) is 6.03. The number of nitrogens with zero attached hydrogens (tertiary/aromatic N) is 1. The average molecular weight is 250 g/mol. The van der Waals surface area contributed by atoms with E-state index >= 15 is 0 Å². The van der Waals surface area contributed by atoms with E-state index in [2.05, 4.69) is 17.0 Å². The van der Waals surface area contributed by atoms with E-state index in [1.807, 2.05) is 18.2 Å². The number of rotatable bonds is 4. The average Bonchev–Trinajstić information content (AvgIpc) is 2.39. The van der Waals surface area contributed by atoms with E-state index in [0.29, 0.717) is 13.2 Å². The molecule has 0 amide bonds. The highest BCUT2D eigenvalue weighted by molar-refractivity contribution is 5.74. The highest BCUT2D eigenvalue weighted by Gasteiger charge is 2.30. The van der Waals surface area contributed by atoms with Crippen LogP contribution in [0.3, 0.4) is 0 Å². The molecule has 2 rings (SSSR count). The number of hydrogen-bond donors (Lipinski definition) is 2. The molecule has 5 nitrogen and oxygen atoms in total. The van der Waals surface area contributed by atoms with E-state index < -0.39 is 18.1 Å². The Kier molecular flexibility index (Phi) is 4.30. The Morgan fingerprint density at radius 1 is 1.50 bits per heavy atom. The van der Waals surface area contributed by atoms with Gasteiger partial charge in [0, 0.05) is 19.6 Å². The lowest BCUT2D eigenvalue weighted by atomic mass is 10.1. The molecular formula is C13H18N2O3. The number of aliphatic carboxylic acids is 1. The van der Waals surface area contributed by atoms with E-state index in [1.165, 1.54) is 5.56 Å². The third-order valence-electron chi connectivity index (χ3n) is 3.11. The van der Waals surface area contributed by atoms with Crippen molar-refractivity contribution in [2.24, 2.45) is 5.73 Å². The molecule has 1 heterocycles. The number of ether oxygens (including phenoxy) is 1. The third kappa shape index (κ3) is 3.29. The minimum Gasteiger partial charge on any atom is -0.480 e. The Labute approximate surface area is 106 Å². The zero-order valence-corrected chi connectivity index (χ0v) is 10.2. The van der Waals surface area contributed by atoms with Gasteiger partial charge in [0.15, 0.2) is 0 Å². The van der Waals surface area contributed by atoms with Crippen molar-refractivity contribution >= 4 is 5.97 Å². The van der Waals surface area contributed by atoms with Crippen LogP contribution in [0, 0.1) is 0 Å². The molecule has 3 N–H and O–H groups in total. The maximum atomic E-state index is 10.8. The second-order valence-corrected chi connectivity index (χ2v) is 4.49. The molecule has 0 aliphatic carbocycles. The van der Waals surface area contributed by atoms with Crippen molar-refractivity contribution in [1.29, 1.82) is 0 Å². The minimum atomic E-state index is -1.01. The molecule has 1 aromatic rings. The van der Waals surface area contributed by atoms with Crippen molar-refractivity contribution in [3.63, 3.8) is 0 Å². The lowest BCUT2D eigenvalue weighted by Crippen LogP contribution is -2.53. The number of carboxylic acid groups (broad SMARTS) is 1. The topological polar surface area (TPSA) is 75.8 Å². The molecule has 0 spiro atoms. The Bertz CT molecular complexity index is 396. The van der Waals surface area contributed by atoms with Crippen molar-refractivity contribution in [3.8, 4) is 0 Å². The van der Waals surface area contributed by atoms with Crippen LogP contribution in [0.25, 0.3) is 0 Å². The monoisotopic (exact) mass is 250 g/mol. The molecule has 98 valence electrons. The molecule has 1 saturated heterocycles. The normalized spacial score (nSPS) is 22.6. The van der Waals surface area contributed by atoms with Gasteiger partial charge < -0.3 is 15.6 Å². The molecule has 0 aromatic heterocycles. The van der Waals surface area contributed by atoms with Crippen LogP contribution < -0.4 is 5.73 Å². The lowest BCUT2D eigenvalue weighted by Gasteiger charge is -2.34. The summed E-state index contributed by atoms with van der Waals surface area (Å²) < 4.78 is 5.42. The molecule has 2 atom stereocenters. The summed E-state index contributed by atoms with van der Waals surface area (Å²) in [6.45, 7) is 2.69. The van der Waals surface area contributed by atoms with Gasteiger partial charge in [0.2, 0.25) is 0 Å². The predicted molar refractivity (Wildman–Crippen MR) is 67.1 cm³/mol. The van der Waals surface area contributed by atoms with Gasteiger partial charge in [0.05, 0.1) is 12.7 Å². The number of hydrogen-bond acceptors (Lipinski definition) is 4. The predicted octanol–water partition coefficient (Wildman–Crippen LogP) is 0.299. The standard InChI is InChI=1S/C13H18N2O3/c14-12(13(16)17)11-9-15(6-7-18-11)8-10-4-2-1-3-5-10/h1-5,11-12H,6-9,14H2,(H,16,17). The fourth-order valence-electron chi connectivity index (χ4n) is 2.09. The van der Waals surface area contributed by atoms with Crippen molar-refractivity contribution in [2.75, 3.05) is 19.7 Å². The van der Waals surface area contributed by atoms with Gasteiger partial charge in [0.25, 0.3) is 0 Å². The van der Waals surface area contributed by atoms with Crippen LogP contribution in [0.5, 0.6) is 0 Å². The van der Waals surface area contributed by atoms with Gasteiger partial charge in [-0.3, -0.25) is 9.69 Å². The summed E-state index contributed by atoms with van der Waals surface area (Å²) in [6.07, 6.45) is -0.431. The second kappa shape index (κ2) is 5.95. The fourth-order valence-corrected chi connectivity index (χ4v) is 2.09. The zero-order valence-electron chi connectivity index (χ0n) is 10.2. The van der Waals surface area contributed by atoms with Gasteiger partial charge >= 0.3 is 5.97 Å². The first-order valence-corrected chi connectivity index (χ1v) is 6.03. The lowest BCUT2D eigenvalue weighted by molar-refractivity contribution is -0.145. The van der Waals surface area contributed by atoms with Crippen LogP contribution in [0.4, 0.5) is 0 Å². The SMILES string of the molecule is NC(C(=O)O)C1CN(Cc2ccccc2)CCO1. The summed E-state index contributed by atoms with van der Waals surface area (Å²) in [5.74, 6) is -1.01. The number of carboxylic acids is 1. The summed E-state index contributed by atoms with van der Waals surface area (Å²) >= 11 is 0. The van der Waals surface area contributed by atoms with Crippen LogP contribution in [0.1, 0.15) is 5.56 Å². The molecule has 1 aliphatic rings. The summed E-state index contributed by atoms with van der Waals surface area (Å²) in [5, 5.41) is 8.89. The number of nitrogens with two attached hydrogens (primary N) is 1. The van der Waals surface area contributed by atoms with Crippen LogP contribution >= 0.6 is 0 Å². The Morgan fingerprint density at radius 3 is 2.89 bits per heavy atom. The molecule has 1 aromatic carbocycles. The van der Waals surface area contributed by atoms with Crippen molar-refractivity contribution < 1.29 is 14.6 Å². The summed E-state index contributed by atoms with van der Waals surface area (Å²) in [4.78, 5) is 13.0. The first-order chi connectivity index (χ1) is 8.66. The highest BCUT2D eigenvalue weighted by Crippen LogP contribution is 2.12. The van der Waals surface area contributed by atoms with E-state index in [9.17, 15) is 4.79 Å². The Morgan fingerprint density at radius 2 is 2.22 bits per heavy atom. The van der Waals surface area contributed by atoms with E-state index in [1.54, 1.807) is 0 Å². The van der Waals surface area contributed by atoms with Crippen molar-refractivity contribution in [1.82, 2.24) is 4.90 Å². The molecule has 0 bridgehead atoms. The second-order valence-electron chi connectivity index (χ2n) is 4.49. The van der Waals surface area contributed by atoms with Crippen LogP contribution in [0.2, 0.25) is 0 Å². The molecule has 0 radical (unpaired) electrons. The van der Waals surface area contributed by atoms with Gasteiger partial charge in [-0.25, -0.2) is 0 Å². The van der Waals surface area contributed by atoms with E-state index in [-0.39, 0.29) is 0 Å². The van der Waals surface area contributed by atoms with Gasteiger partial charge in [-0.15, -0.1) is 0 Å². The molecule has 1 fully saturated rings. The van der Waals surface area contributed by atoms with E-state index in [0.717, 1.165) is 13.1 Å².